The van der Waals surface area contributed by atoms with Crippen molar-refractivity contribution in [3.8, 4) is 33.6 Å². The van der Waals surface area contributed by atoms with Crippen molar-refractivity contribution in [3.63, 3.8) is 0 Å². The van der Waals surface area contributed by atoms with E-state index < -0.39 is 0 Å². The van der Waals surface area contributed by atoms with Crippen LogP contribution in [-0.4, -0.2) is 9.13 Å². The summed E-state index contributed by atoms with van der Waals surface area (Å²) >= 11 is 0. The number of aromatic nitrogens is 2. The number of hydrogen-bond acceptors (Lipinski definition) is 4. The van der Waals surface area contributed by atoms with Gasteiger partial charge in [-0.05, 0) is 144 Å². The highest BCUT2D eigenvalue weighted by atomic mass is 16.3. The van der Waals surface area contributed by atoms with Crippen LogP contribution in [0.5, 0.6) is 0 Å². The van der Waals surface area contributed by atoms with Crippen LogP contribution >= 0.6 is 0 Å². The van der Waals surface area contributed by atoms with Crippen LogP contribution in [0.25, 0.3) is 165 Å². The molecule has 17 rings (SSSR count). The van der Waals surface area contributed by atoms with Crippen molar-refractivity contribution >= 4 is 131 Å². The van der Waals surface area contributed by atoms with Gasteiger partial charge in [0.25, 0.3) is 0 Å². The molecule has 0 unspecified atom stereocenters. The average molecular weight is 921 g/mol. The van der Waals surface area contributed by atoms with E-state index in [0.717, 1.165) is 149 Å². The van der Waals surface area contributed by atoms with Gasteiger partial charge in [0.15, 0.2) is 0 Å². The molecule has 0 amide bonds. The van der Waals surface area contributed by atoms with Crippen LogP contribution in [0.2, 0.25) is 0 Å². The van der Waals surface area contributed by atoms with E-state index in [0.29, 0.717) is 0 Å². The Morgan fingerprint density at radius 1 is 0.236 bits per heavy atom. The first-order valence-corrected chi connectivity index (χ1v) is 24.4. The second-order valence-corrected chi connectivity index (χ2v) is 19.1. The third kappa shape index (κ3) is 5.11. The number of hydrogen-bond donors (Lipinski definition) is 0. The molecular weight excluding hydrogens is 885 g/mol. The third-order valence-corrected chi connectivity index (χ3v) is 15.3. The van der Waals surface area contributed by atoms with Crippen LogP contribution in [0, 0.1) is 0 Å². The van der Waals surface area contributed by atoms with Gasteiger partial charge >= 0.3 is 0 Å². The van der Waals surface area contributed by atoms with Crippen LogP contribution in [0.1, 0.15) is 0 Å². The second kappa shape index (κ2) is 13.9. The summed E-state index contributed by atoms with van der Waals surface area (Å²) < 4.78 is 31.3. The molecule has 0 aliphatic heterocycles. The summed E-state index contributed by atoms with van der Waals surface area (Å²) in [5.41, 5.74) is 17.9. The van der Waals surface area contributed by atoms with E-state index in [-0.39, 0.29) is 0 Å². The topological polar surface area (TPSA) is 62.4 Å². The zero-order chi connectivity index (χ0) is 46.8. The van der Waals surface area contributed by atoms with Crippen molar-refractivity contribution in [2.24, 2.45) is 0 Å². The van der Waals surface area contributed by atoms with Gasteiger partial charge < -0.3 is 26.8 Å². The number of benzene rings is 11. The molecule has 17 aromatic rings. The Balaban J connectivity index is 0.858. The quantitative estimate of drug-likeness (QED) is 0.176. The lowest BCUT2D eigenvalue weighted by atomic mass is 9.99. The van der Waals surface area contributed by atoms with Crippen LogP contribution in [0.15, 0.2) is 236 Å². The molecule has 0 aliphatic carbocycles. The SMILES string of the molecule is c1ccc(-n2c3ccc(-c4ccc5oc6ccc7c8ccccc8oc7c6c5c4)cc3c3c4oc5ccc(-c6ccc7oc8ccc9c%10ccccc%10n(-c%10ccccc%10)c9c8c7c6)cc5c4ccc32)cc1. The molecule has 6 heteroatoms. The molecule has 0 aliphatic rings. The fraction of sp³-hybridized carbons (Fsp3) is 0. The Hall–Kier alpha value is -9.78. The monoisotopic (exact) mass is 920 g/mol. The average Bonchev–Trinajstić information content (AvgIpc) is 4.29. The highest BCUT2D eigenvalue weighted by molar-refractivity contribution is 6.27. The van der Waals surface area contributed by atoms with Gasteiger partial charge in [-0.2, -0.15) is 0 Å². The van der Waals surface area contributed by atoms with Crippen LogP contribution < -0.4 is 0 Å². The minimum Gasteiger partial charge on any atom is -0.456 e. The number of para-hydroxylation sites is 4. The van der Waals surface area contributed by atoms with E-state index >= 15 is 0 Å². The normalized spacial score (nSPS) is 12.4. The van der Waals surface area contributed by atoms with Crippen molar-refractivity contribution in [1.29, 1.82) is 0 Å². The first-order valence-electron chi connectivity index (χ1n) is 24.4. The highest BCUT2D eigenvalue weighted by Gasteiger charge is 2.23. The smallest absolute Gasteiger partial charge is 0.147 e. The number of rotatable bonds is 4. The van der Waals surface area contributed by atoms with Crippen LogP contribution in [0.3, 0.4) is 0 Å². The van der Waals surface area contributed by atoms with E-state index in [1.54, 1.807) is 0 Å². The van der Waals surface area contributed by atoms with Gasteiger partial charge in [-0.25, -0.2) is 0 Å². The molecule has 0 N–H and O–H groups in total. The van der Waals surface area contributed by atoms with Gasteiger partial charge in [0.2, 0.25) is 0 Å². The molecule has 0 spiro atoms. The molecule has 11 aromatic carbocycles. The zero-order valence-electron chi connectivity index (χ0n) is 38.3. The molecule has 0 atom stereocenters. The highest BCUT2D eigenvalue weighted by Crippen LogP contribution is 2.46. The first-order chi connectivity index (χ1) is 35.7. The maximum Gasteiger partial charge on any atom is 0.147 e. The molecule has 6 heterocycles. The molecule has 0 fully saturated rings. The Kier molecular flexibility index (Phi) is 7.38. The molecule has 334 valence electrons. The Bertz CT molecular complexity index is 5160. The summed E-state index contributed by atoms with van der Waals surface area (Å²) in [7, 11) is 0. The molecule has 72 heavy (non-hydrogen) atoms. The fourth-order valence-electron chi connectivity index (χ4n) is 12.1. The number of nitrogens with zero attached hydrogens (tertiary/aromatic N) is 2. The van der Waals surface area contributed by atoms with E-state index in [1.165, 1.54) is 16.3 Å². The minimum absolute atomic E-state index is 0.811. The maximum atomic E-state index is 7.01. The van der Waals surface area contributed by atoms with Gasteiger partial charge in [0, 0.05) is 59.9 Å². The second-order valence-electron chi connectivity index (χ2n) is 19.1. The summed E-state index contributed by atoms with van der Waals surface area (Å²) in [6, 6.07) is 77.6. The standard InChI is InChI=1S/C66H36N2O4/c1-3-11-41(12-4-1)67-53-26-19-37(40-22-30-58-51(36-40)63-60(70-58)32-25-46-44-16-8-10-18-55(44)71-66(46)63)34-49(53)61-54(67)27-23-47-48-33-38(20-28-56(48)72-65(47)61)39-21-29-57-50(35-39)62-59(69-57)31-24-45-43-15-7-9-17-52(43)68(64(45)62)42-13-5-2-6-14-42/h1-36H. The zero-order valence-corrected chi connectivity index (χ0v) is 38.3. The molecule has 6 aromatic heterocycles. The fourth-order valence-corrected chi connectivity index (χ4v) is 12.1. The van der Waals surface area contributed by atoms with Gasteiger partial charge in [-0.3, -0.25) is 0 Å². The summed E-state index contributed by atoms with van der Waals surface area (Å²) in [6.45, 7) is 0. The van der Waals surface area contributed by atoms with Crippen molar-refractivity contribution in [2.45, 2.75) is 0 Å². The van der Waals surface area contributed by atoms with E-state index in [4.69, 9.17) is 17.7 Å². The molecule has 6 nitrogen and oxygen atoms in total. The summed E-state index contributed by atoms with van der Waals surface area (Å²) in [5.74, 6) is 0. The molecule has 0 radical (unpaired) electrons. The third-order valence-electron chi connectivity index (χ3n) is 15.3. The van der Waals surface area contributed by atoms with Crippen molar-refractivity contribution in [2.75, 3.05) is 0 Å². The summed E-state index contributed by atoms with van der Waals surface area (Å²) in [4.78, 5) is 0. The van der Waals surface area contributed by atoms with Crippen molar-refractivity contribution in [3.05, 3.63) is 218 Å². The summed E-state index contributed by atoms with van der Waals surface area (Å²) in [5, 5.41) is 13.1. The predicted octanol–water partition coefficient (Wildman–Crippen LogP) is 18.8. The van der Waals surface area contributed by atoms with Gasteiger partial charge in [-0.15, -0.1) is 0 Å². The maximum absolute atomic E-state index is 7.01. The predicted molar refractivity (Wildman–Crippen MR) is 295 cm³/mol. The molecule has 0 saturated carbocycles. The van der Waals surface area contributed by atoms with E-state index in [2.05, 4.69) is 215 Å². The van der Waals surface area contributed by atoms with Crippen LogP contribution in [0.4, 0.5) is 0 Å². The minimum atomic E-state index is 0.811. The van der Waals surface area contributed by atoms with E-state index in [9.17, 15) is 0 Å². The Morgan fingerprint density at radius 3 is 1.42 bits per heavy atom. The molecular formula is C66H36N2O4. The van der Waals surface area contributed by atoms with Gasteiger partial charge in [0.05, 0.1) is 38.2 Å². The van der Waals surface area contributed by atoms with Crippen molar-refractivity contribution in [1.82, 2.24) is 9.13 Å². The van der Waals surface area contributed by atoms with Gasteiger partial charge in [-0.1, -0.05) is 97.1 Å². The lowest BCUT2D eigenvalue weighted by Crippen LogP contribution is -1.93. The first kappa shape index (κ1) is 38.1. The number of fused-ring (bicyclic) bond motifs is 21. The lowest BCUT2D eigenvalue weighted by molar-refractivity contribution is 0.662. The van der Waals surface area contributed by atoms with E-state index in [1.807, 2.05) is 12.1 Å². The molecule has 0 saturated heterocycles. The summed E-state index contributed by atoms with van der Waals surface area (Å²) in [6.07, 6.45) is 0. The molecule has 0 bridgehead atoms. The van der Waals surface area contributed by atoms with Crippen molar-refractivity contribution < 1.29 is 17.7 Å². The number of furan rings is 4. The van der Waals surface area contributed by atoms with Crippen LogP contribution in [-0.2, 0) is 0 Å². The Labute approximate surface area is 408 Å². The largest absolute Gasteiger partial charge is 0.456 e. The Morgan fingerprint density at radius 2 is 0.694 bits per heavy atom. The van der Waals surface area contributed by atoms with Gasteiger partial charge in [0.1, 0.15) is 44.7 Å². The lowest BCUT2D eigenvalue weighted by Gasteiger charge is -2.08.